The minimum absolute atomic E-state index is 0.0250. The summed E-state index contributed by atoms with van der Waals surface area (Å²) in [5.41, 5.74) is -0.470. The minimum Gasteiger partial charge on any atom is -0.484 e. The highest BCUT2D eigenvalue weighted by atomic mass is 79.9. The maximum atomic E-state index is 12.0. The lowest BCUT2D eigenvalue weighted by atomic mass is 10.2. The van der Waals surface area contributed by atoms with Crippen LogP contribution in [0.2, 0.25) is 0 Å². The second-order valence-corrected chi connectivity index (χ2v) is 6.63. The van der Waals surface area contributed by atoms with Crippen molar-refractivity contribution in [3.63, 3.8) is 0 Å². The average Bonchev–Trinajstić information content (AvgIpc) is 2.90. The van der Waals surface area contributed by atoms with Gasteiger partial charge in [-0.25, -0.2) is 4.79 Å². The van der Waals surface area contributed by atoms with Crippen molar-refractivity contribution in [1.29, 1.82) is 0 Å². The van der Waals surface area contributed by atoms with Gasteiger partial charge in [0.1, 0.15) is 16.3 Å². The first-order chi connectivity index (χ1) is 9.26. The van der Waals surface area contributed by atoms with Crippen LogP contribution in [0.25, 0.3) is 0 Å². The van der Waals surface area contributed by atoms with Crippen LogP contribution in [0.1, 0.15) is 27.2 Å². The Kier molecular flexibility index (Phi) is 4.27. The Morgan fingerprint density at radius 2 is 2.20 bits per heavy atom. The van der Waals surface area contributed by atoms with E-state index < -0.39 is 5.60 Å². The first-order valence-electron chi connectivity index (χ1n) is 6.58. The van der Waals surface area contributed by atoms with Gasteiger partial charge in [-0.05, 0) is 36.7 Å². The molecule has 1 unspecified atom stereocenters. The van der Waals surface area contributed by atoms with E-state index in [-0.39, 0.29) is 12.2 Å². The highest BCUT2D eigenvalue weighted by Crippen LogP contribution is 2.26. The van der Waals surface area contributed by atoms with Crippen molar-refractivity contribution >= 4 is 22.0 Å². The lowest BCUT2D eigenvalue weighted by molar-refractivity contribution is 0.0275. The number of amides is 1. The monoisotopic (exact) mass is 345 g/mol. The van der Waals surface area contributed by atoms with E-state index in [9.17, 15) is 4.79 Å². The molecule has 1 amide bonds. The minimum atomic E-state index is -0.470. The van der Waals surface area contributed by atoms with Gasteiger partial charge in [-0.3, -0.25) is 4.68 Å². The van der Waals surface area contributed by atoms with Gasteiger partial charge in [0.2, 0.25) is 0 Å². The van der Waals surface area contributed by atoms with Crippen molar-refractivity contribution in [3.8, 4) is 5.75 Å². The van der Waals surface area contributed by atoms with Crippen LogP contribution in [-0.2, 0) is 11.8 Å². The fraction of sp³-hybridized carbons (Fsp3) is 0.692. The standard InChI is InChI=1S/C13H20BrN3O3/c1-13(2,3)20-12(18)17-6-5-9(8-17)19-10-7-15-16(4)11(10)14/h7,9H,5-6,8H2,1-4H3. The normalized spacial score (nSPS) is 19.2. The molecule has 0 radical (unpaired) electrons. The van der Waals surface area contributed by atoms with E-state index in [1.54, 1.807) is 15.8 Å². The number of hydrogen-bond acceptors (Lipinski definition) is 4. The molecule has 1 aliphatic heterocycles. The largest absolute Gasteiger partial charge is 0.484 e. The number of carbonyl (C=O) groups excluding carboxylic acids is 1. The predicted octanol–water partition coefficient (Wildman–Crippen LogP) is 2.57. The molecule has 2 rings (SSSR count). The Labute approximate surface area is 127 Å². The number of aryl methyl sites for hydroxylation is 1. The summed E-state index contributed by atoms with van der Waals surface area (Å²) in [7, 11) is 1.83. The van der Waals surface area contributed by atoms with Gasteiger partial charge in [-0.15, -0.1) is 0 Å². The Morgan fingerprint density at radius 3 is 2.75 bits per heavy atom. The van der Waals surface area contributed by atoms with Gasteiger partial charge in [0, 0.05) is 20.0 Å². The van der Waals surface area contributed by atoms with Gasteiger partial charge >= 0.3 is 6.09 Å². The second-order valence-electron chi connectivity index (χ2n) is 5.88. The molecule has 112 valence electrons. The molecule has 0 spiro atoms. The zero-order valence-corrected chi connectivity index (χ0v) is 13.8. The van der Waals surface area contributed by atoms with Crippen molar-refractivity contribution in [3.05, 3.63) is 10.8 Å². The maximum absolute atomic E-state index is 12.0. The van der Waals surface area contributed by atoms with Gasteiger partial charge in [0.05, 0.1) is 12.7 Å². The Hall–Kier alpha value is -1.24. The molecule has 1 fully saturated rings. The van der Waals surface area contributed by atoms with Gasteiger partial charge in [0.25, 0.3) is 0 Å². The van der Waals surface area contributed by atoms with Crippen LogP contribution in [0.15, 0.2) is 10.8 Å². The quantitative estimate of drug-likeness (QED) is 0.826. The molecule has 7 heteroatoms. The summed E-state index contributed by atoms with van der Waals surface area (Å²) in [5, 5.41) is 4.10. The molecule has 20 heavy (non-hydrogen) atoms. The van der Waals surface area contributed by atoms with Crippen LogP contribution in [0.5, 0.6) is 5.75 Å². The zero-order chi connectivity index (χ0) is 14.9. The molecule has 1 saturated heterocycles. The molecule has 6 nitrogen and oxygen atoms in total. The zero-order valence-electron chi connectivity index (χ0n) is 12.2. The van der Waals surface area contributed by atoms with Crippen molar-refractivity contribution in [2.45, 2.75) is 38.9 Å². The number of rotatable bonds is 2. The summed E-state index contributed by atoms with van der Waals surface area (Å²) in [6.07, 6.45) is 2.15. The van der Waals surface area contributed by atoms with Crippen molar-refractivity contribution < 1.29 is 14.3 Å². The third kappa shape index (κ3) is 3.65. The van der Waals surface area contributed by atoms with Gasteiger partial charge in [-0.1, -0.05) is 0 Å². The second kappa shape index (κ2) is 5.63. The Bertz CT molecular complexity index is 496. The fourth-order valence-corrected chi connectivity index (χ4v) is 2.27. The molecule has 1 aliphatic rings. The number of carbonyl (C=O) groups is 1. The summed E-state index contributed by atoms with van der Waals surface area (Å²) >= 11 is 3.41. The molecule has 0 N–H and O–H groups in total. The molecule has 0 aliphatic carbocycles. The van der Waals surface area contributed by atoms with Crippen molar-refractivity contribution in [1.82, 2.24) is 14.7 Å². The first-order valence-corrected chi connectivity index (χ1v) is 7.37. The van der Waals surface area contributed by atoms with Crippen molar-refractivity contribution in [2.24, 2.45) is 7.05 Å². The molecule has 0 bridgehead atoms. The smallest absolute Gasteiger partial charge is 0.410 e. The van der Waals surface area contributed by atoms with Crippen LogP contribution >= 0.6 is 15.9 Å². The van der Waals surface area contributed by atoms with Crippen LogP contribution in [0.4, 0.5) is 4.79 Å². The molecule has 1 aromatic heterocycles. The molecule has 2 heterocycles. The predicted molar refractivity (Wildman–Crippen MR) is 77.7 cm³/mol. The Balaban J connectivity index is 1.89. The average molecular weight is 346 g/mol. The van der Waals surface area contributed by atoms with Gasteiger partial charge in [-0.2, -0.15) is 5.10 Å². The van der Waals surface area contributed by atoms with E-state index in [0.717, 1.165) is 11.0 Å². The number of hydrogen-bond donors (Lipinski definition) is 0. The molecule has 0 saturated carbocycles. The van der Waals surface area contributed by atoms with Crippen LogP contribution in [0, 0.1) is 0 Å². The molecule has 1 atom stereocenters. The number of nitrogens with zero attached hydrogens (tertiary/aromatic N) is 3. The van der Waals surface area contributed by atoms with Crippen LogP contribution in [-0.4, -0.2) is 45.6 Å². The van der Waals surface area contributed by atoms with E-state index in [0.29, 0.717) is 18.8 Å². The molecule has 1 aromatic rings. The number of likely N-dealkylation sites (tertiary alicyclic amines) is 1. The van der Waals surface area contributed by atoms with Crippen LogP contribution < -0.4 is 4.74 Å². The molecular formula is C13H20BrN3O3. The SMILES string of the molecule is Cn1ncc(OC2CCN(C(=O)OC(C)(C)C)C2)c1Br. The van der Waals surface area contributed by atoms with E-state index in [1.807, 2.05) is 27.8 Å². The molecular weight excluding hydrogens is 326 g/mol. The van der Waals surface area contributed by atoms with E-state index in [4.69, 9.17) is 9.47 Å². The van der Waals surface area contributed by atoms with Gasteiger partial charge in [0.15, 0.2) is 5.75 Å². The maximum Gasteiger partial charge on any atom is 0.410 e. The van der Waals surface area contributed by atoms with E-state index >= 15 is 0 Å². The summed E-state index contributed by atoms with van der Waals surface area (Å²) < 4.78 is 13.7. The summed E-state index contributed by atoms with van der Waals surface area (Å²) in [6, 6.07) is 0. The van der Waals surface area contributed by atoms with Gasteiger partial charge < -0.3 is 14.4 Å². The first kappa shape index (κ1) is 15.2. The topological polar surface area (TPSA) is 56.6 Å². The fourth-order valence-electron chi connectivity index (χ4n) is 1.98. The summed E-state index contributed by atoms with van der Waals surface area (Å²) in [6.45, 7) is 6.78. The number of ether oxygens (including phenoxy) is 2. The molecule has 0 aromatic carbocycles. The Morgan fingerprint density at radius 1 is 1.50 bits per heavy atom. The summed E-state index contributed by atoms with van der Waals surface area (Å²) in [4.78, 5) is 13.6. The lowest BCUT2D eigenvalue weighted by Crippen LogP contribution is -2.36. The van der Waals surface area contributed by atoms with Crippen molar-refractivity contribution in [2.75, 3.05) is 13.1 Å². The third-order valence-corrected chi connectivity index (χ3v) is 3.83. The van der Waals surface area contributed by atoms with E-state index in [1.165, 1.54) is 0 Å². The highest BCUT2D eigenvalue weighted by Gasteiger charge is 2.31. The highest BCUT2D eigenvalue weighted by molar-refractivity contribution is 9.10. The third-order valence-electron chi connectivity index (χ3n) is 2.93. The van der Waals surface area contributed by atoms with E-state index in [2.05, 4.69) is 21.0 Å². The number of aromatic nitrogens is 2. The number of halogens is 1. The summed E-state index contributed by atoms with van der Waals surface area (Å²) in [5.74, 6) is 0.698. The van der Waals surface area contributed by atoms with Crippen LogP contribution in [0.3, 0.4) is 0 Å². The lowest BCUT2D eigenvalue weighted by Gasteiger charge is -2.24.